The Morgan fingerprint density at radius 3 is 2.51 bits per heavy atom. The van der Waals surface area contributed by atoms with Gasteiger partial charge in [0.05, 0.1) is 11.2 Å². The number of nitrogens with one attached hydrogen (secondary N) is 2. The van der Waals surface area contributed by atoms with E-state index >= 15 is 0 Å². The van der Waals surface area contributed by atoms with Gasteiger partial charge in [0.25, 0.3) is 5.91 Å². The molecule has 2 N–H and O–H groups in total. The van der Waals surface area contributed by atoms with Crippen LogP contribution in [0.25, 0.3) is 11.0 Å². The van der Waals surface area contributed by atoms with Crippen LogP contribution >= 0.6 is 0 Å². The van der Waals surface area contributed by atoms with E-state index in [4.69, 9.17) is 4.74 Å². The number of urea groups is 1. The van der Waals surface area contributed by atoms with Crippen molar-refractivity contribution in [1.29, 1.82) is 0 Å². The average molecular weight is 647 g/mol. The molecule has 1 atom stereocenters. The molecule has 0 radical (unpaired) electrons. The smallest absolute Gasteiger partial charge is 0.410 e. The van der Waals surface area contributed by atoms with Crippen LogP contribution in [0.4, 0.5) is 19.7 Å². The normalized spacial score (nSPS) is 20.6. The van der Waals surface area contributed by atoms with Crippen LogP contribution in [-0.2, 0) is 22.5 Å². The summed E-state index contributed by atoms with van der Waals surface area (Å²) in [4.78, 5) is 48.2. The lowest BCUT2D eigenvalue weighted by Gasteiger charge is -2.42. The Hall–Kier alpha value is -4.26. The van der Waals surface area contributed by atoms with Crippen molar-refractivity contribution in [2.24, 2.45) is 0 Å². The highest BCUT2D eigenvalue weighted by atomic mass is 19.1. The Morgan fingerprint density at radius 2 is 1.74 bits per heavy atom. The van der Waals surface area contributed by atoms with Gasteiger partial charge in [-0.2, -0.15) is 0 Å². The molecule has 13 heteroatoms. The van der Waals surface area contributed by atoms with Crippen LogP contribution in [0.2, 0.25) is 0 Å². The number of piperidine rings is 1. The van der Waals surface area contributed by atoms with Crippen molar-refractivity contribution >= 4 is 34.8 Å². The number of fused-ring (bicyclic) bond motifs is 2. The van der Waals surface area contributed by atoms with Crippen molar-refractivity contribution in [2.75, 3.05) is 44.6 Å². The Balaban J connectivity index is 1.01. The first-order chi connectivity index (χ1) is 22.8. The molecular weight excluding hydrogens is 603 g/mol. The summed E-state index contributed by atoms with van der Waals surface area (Å²) in [6, 6.07) is 8.82. The van der Waals surface area contributed by atoms with Crippen LogP contribution in [0.15, 0.2) is 30.3 Å². The average Bonchev–Trinajstić information content (AvgIpc) is 3.58. The molecule has 7 rings (SSSR count). The molecule has 4 aliphatic rings. The molecule has 1 aliphatic carbocycles. The summed E-state index contributed by atoms with van der Waals surface area (Å²) in [6.07, 6.45) is 6.13. The molecule has 3 aromatic rings. The number of carbonyl (C=O) groups excluding carboxylic acids is 3. The van der Waals surface area contributed by atoms with Gasteiger partial charge in [0.15, 0.2) is 6.10 Å². The molecule has 12 nitrogen and oxygen atoms in total. The van der Waals surface area contributed by atoms with Gasteiger partial charge in [-0.25, -0.2) is 14.0 Å². The van der Waals surface area contributed by atoms with Crippen molar-refractivity contribution < 1.29 is 23.5 Å². The number of hydrogen-bond donors (Lipinski definition) is 2. The van der Waals surface area contributed by atoms with Gasteiger partial charge >= 0.3 is 12.1 Å². The number of hydrogen-bond acceptors (Lipinski definition) is 7. The Bertz CT molecular complexity index is 1630. The van der Waals surface area contributed by atoms with Crippen molar-refractivity contribution in [3.05, 3.63) is 52.8 Å². The summed E-state index contributed by atoms with van der Waals surface area (Å²) in [7, 11) is 0. The second-order valence-electron chi connectivity index (χ2n) is 13.4. The van der Waals surface area contributed by atoms with E-state index in [1.807, 2.05) is 30.0 Å². The first-order valence-electron chi connectivity index (χ1n) is 17.0. The number of carbonyl (C=O) groups is 3. The fourth-order valence-electron chi connectivity index (χ4n) is 7.79. The zero-order valence-corrected chi connectivity index (χ0v) is 26.9. The van der Waals surface area contributed by atoms with Gasteiger partial charge in [-0.15, -0.1) is 5.10 Å². The van der Waals surface area contributed by atoms with E-state index in [1.165, 1.54) is 38.2 Å². The first-order valence-corrected chi connectivity index (χ1v) is 17.0. The lowest BCUT2D eigenvalue weighted by atomic mass is 9.94. The van der Waals surface area contributed by atoms with Gasteiger partial charge in [0.2, 0.25) is 0 Å². The number of piperazine rings is 1. The maximum atomic E-state index is 14.2. The number of rotatable bonds is 6. The van der Waals surface area contributed by atoms with Gasteiger partial charge in [0, 0.05) is 64.3 Å². The molecule has 4 heterocycles. The Labute approximate surface area is 273 Å². The molecule has 1 aromatic heterocycles. The second kappa shape index (κ2) is 13.5. The number of aromatic nitrogens is 3. The summed E-state index contributed by atoms with van der Waals surface area (Å²) >= 11 is 0. The predicted molar refractivity (Wildman–Crippen MR) is 173 cm³/mol. The Morgan fingerprint density at radius 1 is 0.979 bits per heavy atom. The molecule has 1 saturated carbocycles. The van der Waals surface area contributed by atoms with Gasteiger partial charge in [0.1, 0.15) is 11.3 Å². The third-order valence-electron chi connectivity index (χ3n) is 10.4. The van der Waals surface area contributed by atoms with Crippen molar-refractivity contribution in [1.82, 2.24) is 35.0 Å². The van der Waals surface area contributed by atoms with Crippen molar-refractivity contribution in [2.45, 2.75) is 83.0 Å². The van der Waals surface area contributed by atoms with Crippen molar-refractivity contribution in [3.63, 3.8) is 0 Å². The highest BCUT2D eigenvalue weighted by molar-refractivity contribution is 5.92. The van der Waals surface area contributed by atoms with Gasteiger partial charge in [-0.1, -0.05) is 42.7 Å². The highest BCUT2D eigenvalue weighted by Crippen LogP contribution is 2.30. The molecule has 47 heavy (non-hydrogen) atoms. The third-order valence-corrected chi connectivity index (χ3v) is 10.4. The summed E-state index contributed by atoms with van der Waals surface area (Å²) in [5.41, 5.74) is 4.31. The summed E-state index contributed by atoms with van der Waals surface area (Å²) < 4.78 is 20.3. The molecule has 4 amide bonds. The predicted octanol–water partition coefficient (Wildman–Crippen LogP) is 4.44. The fourth-order valence-corrected chi connectivity index (χ4v) is 7.79. The molecule has 3 fully saturated rings. The lowest BCUT2D eigenvalue weighted by Crippen LogP contribution is -2.55. The van der Waals surface area contributed by atoms with E-state index in [9.17, 15) is 18.8 Å². The van der Waals surface area contributed by atoms with Crippen LogP contribution in [0.1, 0.15) is 61.6 Å². The van der Waals surface area contributed by atoms with Crippen LogP contribution in [0.5, 0.6) is 0 Å². The molecule has 0 spiro atoms. The number of anilines is 1. The number of halogens is 1. The van der Waals surface area contributed by atoms with Crippen LogP contribution in [0, 0.1) is 12.7 Å². The van der Waals surface area contributed by atoms with Gasteiger partial charge in [-0.3, -0.25) is 14.8 Å². The van der Waals surface area contributed by atoms with Crippen molar-refractivity contribution in [3.8, 4) is 0 Å². The second-order valence-corrected chi connectivity index (χ2v) is 13.4. The SMILES string of the molecule is Cc1cc(CC(OC(=O)N2CCC(N3Cc4cccc(F)c4NC3=O)CC2)C(=O)N2CCN(C3CCCCC3)CC2)cc2nn[nH]c12. The van der Waals surface area contributed by atoms with E-state index in [2.05, 4.69) is 25.6 Å². The molecule has 3 aliphatic heterocycles. The van der Waals surface area contributed by atoms with E-state index in [0.29, 0.717) is 57.1 Å². The lowest BCUT2D eigenvalue weighted by molar-refractivity contribution is -0.143. The van der Waals surface area contributed by atoms with E-state index in [1.54, 1.807) is 15.9 Å². The first kappa shape index (κ1) is 31.3. The zero-order chi connectivity index (χ0) is 32.5. The summed E-state index contributed by atoms with van der Waals surface area (Å²) in [6.45, 7) is 5.92. The van der Waals surface area contributed by atoms with E-state index in [-0.39, 0.29) is 30.1 Å². The fraction of sp³-hybridized carbons (Fsp3) is 0.559. The standard InChI is InChI=1S/C34H43FN8O4/c1-22-18-23(19-28-30(22)38-39-37-28)20-29(32(44)41-16-14-40(15-17-41)25-7-3-2-4-8-25)47-34(46)42-12-10-26(11-13-42)43-21-24-6-5-9-27(35)31(24)36-33(43)45/h5-6,9,18-19,25-26,29H,2-4,7-8,10-17,20-21H2,1H3,(H,36,45)(H,37,38,39). The number of benzene rings is 2. The minimum absolute atomic E-state index is 0.106. The van der Waals surface area contributed by atoms with Gasteiger partial charge in [-0.05, 0) is 61.4 Å². The minimum Gasteiger partial charge on any atom is -0.436 e. The largest absolute Gasteiger partial charge is 0.436 e. The molecule has 250 valence electrons. The molecule has 1 unspecified atom stereocenters. The maximum Gasteiger partial charge on any atom is 0.410 e. The quantitative estimate of drug-likeness (QED) is 0.406. The number of ether oxygens (including phenoxy) is 1. The Kier molecular flexibility index (Phi) is 8.98. The van der Waals surface area contributed by atoms with E-state index in [0.717, 1.165) is 35.3 Å². The van der Waals surface area contributed by atoms with Gasteiger partial charge < -0.3 is 24.8 Å². The molecule has 2 saturated heterocycles. The summed E-state index contributed by atoms with van der Waals surface area (Å²) in [5, 5.41) is 13.7. The number of nitrogens with zero attached hydrogens (tertiary/aromatic N) is 6. The molecule has 2 aromatic carbocycles. The molecular formula is C34H43FN8O4. The number of amides is 4. The van der Waals surface area contributed by atoms with Crippen LogP contribution in [0.3, 0.4) is 0 Å². The number of aryl methyl sites for hydroxylation is 1. The maximum absolute atomic E-state index is 14.2. The number of aromatic amines is 1. The number of H-pyrrole nitrogens is 1. The van der Waals surface area contributed by atoms with Crippen LogP contribution < -0.4 is 5.32 Å². The third kappa shape index (κ3) is 6.63. The number of para-hydroxylation sites is 1. The highest BCUT2D eigenvalue weighted by Gasteiger charge is 2.37. The van der Waals surface area contributed by atoms with E-state index < -0.39 is 18.0 Å². The summed E-state index contributed by atoms with van der Waals surface area (Å²) in [5.74, 6) is -0.621. The molecule has 0 bridgehead atoms. The monoisotopic (exact) mass is 646 g/mol. The minimum atomic E-state index is -0.982. The zero-order valence-electron chi connectivity index (χ0n) is 26.9. The van der Waals surface area contributed by atoms with Crippen LogP contribution in [-0.4, -0.2) is 110 Å². The number of likely N-dealkylation sites (tertiary alicyclic amines) is 1. The topological polar surface area (TPSA) is 127 Å².